The van der Waals surface area contributed by atoms with Gasteiger partial charge in [-0.2, -0.15) is 0 Å². The van der Waals surface area contributed by atoms with Gasteiger partial charge in [0.15, 0.2) is 5.78 Å². The highest BCUT2D eigenvalue weighted by atomic mass is 35.5. The van der Waals surface area contributed by atoms with Crippen molar-refractivity contribution in [3.05, 3.63) is 136 Å². The van der Waals surface area contributed by atoms with Gasteiger partial charge < -0.3 is 19.9 Å². The number of rotatable bonds is 11. The number of aromatic nitrogens is 2. The predicted molar refractivity (Wildman–Crippen MR) is 242 cm³/mol. The number of ketones is 1. The number of piperazine rings is 1. The van der Waals surface area contributed by atoms with Crippen molar-refractivity contribution in [1.82, 2.24) is 25.1 Å². The van der Waals surface area contributed by atoms with Crippen LogP contribution in [0.4, 0.5) is 27.3 Å². The molecule has 3 fully saturated rings. The molecule has 65 heavy (non-hydrogen) atoms. The number of ether oxygens (including phenoxy) is 1. The second kappa shape index (κ2) is 17.5. The van der Waals surface area contributed by atoms with Crippen LogP contribution in [0.15, 0.2) is 97.3 Å². The number of Topliss-reactive ketones (excluding diaryl/α,β-unsaturated/α-hetero) is 1. The fraction of sp³-hybridized carbons (Fsp3) is 0.286. The molecule has 4 aliphatic heterocycles. The summed E-state index contributed by atoms with van der Waals surface area (Å²) in [6, 6.07) is 23.6. The van der Waals surface area contributed by atoms with E-state index >= 15 is 4.39 Å². The molecular weight excluding hydrogens is 851 g/mol. The maximum atomic E-state index is 15.9. The Morgan fingerprint density at radius 2 is 1.60 bits per heavy atom. The van der Waals surface area contributed by atoms with Crippen LogP contribution in [-0.4, -0.2) is 101 Å². The first-order valence-corrected chi connectivity index (χ1v) is 22.2. The van der Waals surface area contributed by atoms with Crippen LogP contribution in [0, 0.1) is 11.7 Å². The quantitative estimate of drug-likeness (QED) is 0.103. The smallest absolute Gasteiger partial charge is 0.262 e. The zero-order valence-corrected chi connectivity index (χ0v) is 36.0. The number of anilines is 4. The minimum atomic E-state index is -0.995. The van der Waals surface area contributed by atoms with Gasteiger partial charge in [0.25, 0.3) is 11.8 Å². The third kappa shape index (κ3) is 8.33. The van der Waals surface area contributed by atoms with E-state index in [2.05, 4.69) is 35.3 Å². The molecule has 5 aliphatic rings. The summed E-state index contributed by atoms with van der Waals surface area (Å²) < 4.78 is 21.8. The van der Waals surface area contributed by atoms with Crippen molar-refractivity contribution < 1.29 is 33.1 Å². The van der Waals surface area contributed by atoms with Crippen LogP contribution in [0.1, 0.15) is 68.0 Å². The molecule has 1 aliphatic carbocycles. The summed E-state index contributed by atoms with van der Waals surface area (Å²) in [7, 11) is 0. The van der Waals surface area contributed by atoms with Gasteiger partial charge in [-0.25, -0.2) is 14.4 Å². The lowest BCUT2D eigenvalue weighted by atomic mass is 9.95. The summed E-state index contributed by atoms with van der Waals surface area (Å²) in [5.74, 6) is -0.660. The van der Waals surface area contributed by atoms with Crippen LogP contribution in [0.3, 0.4) is 0 Å². The number of nitrogens with one attached hydrogen (secondary N) is 2. The van der Waals surface area contributed by atoms with E-state index < -0.39 is 29.7 Å². The molecule has 3 saturated heterocycles. The zero-order chi connectivity index (χ0) is 44.8. The van der Waals surface area contributed by atoms with Crippen molar-refractivity contribution in [2.24, 2.45) is 5.92 Å². The molecule has 330 valence electrons. The molecular formula is C49H44ClFN8O6. The van der Waals surface area contributed by atoms with Gasteiger partial charge in [-0.15, -0.1) is 0 Å². The highest BCUT2D eigenvalue weighted by Gasteiger charge is 2.45. The lowest BCUT2D eigenvalue weighted by Crippen LogP contribution is -2.54. The fourth-order valence-corrected chi connectivity index (χ4v) is 9.77. The number of hydrogen-bond donors (Lipinski definition) is 2. The summed E-state index contributed by atoms with van der Waals surface area (Å²) in [6.45, 7) is 5.56. The van der Waals surface area contributed by atoms with E-state index in [1.165, 1.54) is 12.4 Å². The fourth-order valence-electron chi connectivity index (χ4n) is 9.52. The molecule has 5 heterocycles. The Kier molecular flexibility index (Phi) is 11.3. The lowest BCUT2D eigenvalue weighted by Gasteiger charge is -2.40. The molecule has 16 heteroatoms. The van der Waals surface area contributed by atoms with Crippen molar-refractivity contribution in [3.63, 3.8) is 0 Å². The number of allylic oxidation sites excluding steroid dienone is 2. The molecule has 5 aromatic rings. The number of hydrogen-bond acceptors (Lipinski definition) is 12. The minimum absolute atomic E-state index is 0.0746. The van der Waals surface area contributed by atoms with Crippen molar-refractivity contribution >= 4 is 69.5 Å². The second-order valence-electron chi connectivity index (χ2n) is 16.9. The lowest BCUT2D eigenvalue weighted by molar-refractivity contribution is -0.136. The molecule has 2 N–H and O–H groups in total. The van der Waals surface area contributed by atoms with Crippen molar-refractivity contribution in [1.29, 1.82) is 0 Å². The van der Waals surface area contributed by atoms with Gasteiger partial charge in [-0.1, -0.05) is 35.9 Å². The number of carbonyl (C=O) groups excluding carboxylic acids is 5. The van der Waals surface area contributed by atoms with E-state index in [1.807, 2.05) is 48.5 Å². The summed E-state index contributed by atoms with van der Waals surface area (Å²) in [4.78, 5) is 81.2. The number of amides is 4. The molecule has 1 atom stereocenters. The topological polar surface area (TPSA) is 157 Å². The number of fused-ring (bicyclic) bond motifs is 2. The Balaban J connectivity index is 0.720. The monoisotopic (exact) mass is 894 g/mol. The number of nitrogens with zero attached hydrogens (tertiary/aromatic N) is 6. The minimum Gasteiger partial charge on any atom is -0.457 e. The molecule has 0 radical (unpaired) electrons. The third-order valence-corrected chi connectivity index (χ3v) is 13.3. The normalized spacial score (nSPS) is 19.0. The Morgan fingerprint density at radius 1 is 0.815 bits per heavy atom. The largest absolute Gasteiger partial charge is 0.457 e. The Bertz CT molecular complexity index is 2790. The first-order valence-electron chi connectivity index (χ1n) is 21.8. The molecule has 0 bridgehead atoms. The molecule has 4 aromatic carbocycles. The summed E-state index contributed by atoms with van der Waals surface area (Å²) in [6.07, 6.45) is 5.73. The van der Waals surface area contributed by atoms with E-state index in [1.54, 1.807) is 36.4 Å². The Morgan fingerprint density at radius 3 is 2.35 bits per heavy atom. The van der Waals surface area contributed by atoms with Crippen LogP contribution in [-0.2, 0) is 16.0 Å². The first-order chi connectivity index (χ1) is 31.6. The van der Waals surface area contributed by atoms with E-state index in [9.17, 15) is 24.0 Å². The van der Waals surface area contributed by atoms with E-state index in [0.29, 0.717) is 63.4 Å². The number of carbonyl (C=O) groups is 5. The van der Waals surface area contributed by atoms with Gasteiger partial charge in [-0.3, -0.25) is 39.1 Å². The molecule has 4 amide bonds. The number of halogens is 2. The van der Waals surface area contributed by atoms with E-state index in [0.717, 1.165) is 69.2 Å². The highest BCUT2D eigenvalue weighted by molar-refractivity contribution is 6.39. The number of para-hydroxylation sites is 1. The average Bonchev–Trinajstić information content (AvgIpc) is 3.86. The van der Waals surface area contributed by atoms with Gasteiger partial charge in [0.1, 0.15) is 35.5 Å². The number of benzene rings is 4. The molecule has 10 rings (SSSR count). The molecule has 0 saturated carbocycles. The maximum Gasteiger partial charge on any atom is 0.262 e. The van der Waals surface area contributed by atoms with Crippen LogP contribution in [0.25, 0.3) is 5.57 Å². The van der Waals surface area contributed by atoms with Gasteiger partial charge in [0.05, 0.1) is 33.1 Å². The standard InChI is InChI=1S/C49H44ClFN8O6/c50-38-26-33(65-32-4-2-1-3-5-32)8-10-35(38)45(61)36-11-12-40-44(36)46(53-28-52-40)54-30-6-13-41(39(51)24-30)58-18-16-29(17-19-58)27-56-20-22-57(23-21-56)31-7-9-34-37(25-31)49(64)59(48(34)63)42-14-15-43(60)55-47(42)62/h1-11,13,24-26,28-29,42H,12,14-23,27H2,(H,52,53,54)(H,55,60,62). The Labute approximate surface area is 379 Å². The summed E-state index contributed by atoms with van der Waals surface area (Å²) in [5.41, 5.74) is 4.41. The van der Waals surface area contributed by atoms with Crippen LogP contribution < -0.4 is 25.2 Å². The van der Waals surface area contributed by atoms with Gasteiger partial charge >= 0.3 is 0 Å². The Hall–Kier alpha value is -6.97. The predicted octanol–water partition coefficient (Wildman–Crippen LogP) is 7.07. The molecule has 1 unspecified atom stereocenters. The van der Waals surface area contributed by atoms with Crippen LogP contribution in [0.5, 0.6) is 11.5 Å². The second-order valence-corrected chi connectivity index (χ2v) is 17.3. The van der Waals surface area contributed by atoms with E-state index in [-0.39, 0.29) is 40.6 Å². The van der Waals surface area contributed by atoms with E-state index in [4.69, 9.17) is 16.3 Å². The highest BCUT2D eigenvalue weighted by Crippen LogP contribution is 2.38. The first kappa shape index (κ1) is 42.0. The molecule has 1 aromatic heterocycles. The van der Waals surface area contributed by atoms with Gasteiger partial charge in [0, 0.05) is 87.2 Å². The van der Waals surface area contributed by atoms with Crippen molar-refractivity contribution in [2.75, 3.05) is 60.9 Å². The van der Waals surface area contributed by atoms with Crippen LogP contribution >= 0.6 is 11.6 Å². The zero-order valence-electron chi connectivity index (χ0n) is 35.3. The van der Waals surface area contributed by atoms with Crippen molar-refractivity contribution in [3.8, 4) is 11.5 Å². The van der Waals surface area contributed by atoms with Gasteiger partial charge in [-0.05, 0) is 85.8 Å². The summed E-state index contributed by atoms with van der Waals surface area (Å²) >= 11 is 6.63. The molecule has 14 nitrogen and oxygen atoms in total. The van der Waals surface area contributed by atoms with Crippen LogP contribution in [0.2, 0.25) is 5.02 Å². The average molecular weight is 895 g/mol. The number of piperidine rings is 2. The third-order valence-electron chi connectivity index (χ3n) is 12.9. The maximum absolute atomic E-state index is 15.9. The van der Waals surface area contributed by atoms with Gasteiger partial charge in [0.2, 0.25) is 11.8 Å². The summed E-state index contributed by atoms with van der Waals surface area (Å²) in [5, 5.41) is 5.73. The number of imide groups is 2. The SMILES string of the molecule is O=C1CCC(N2C(=O)c3ccc(N4CCN(CC5CCN(c6ccc(Nc7ncnc8c7C(C(=O)c7ccc(Oc9ccccc9)cc7Cl)=CC8)cc6F)CC5)CC4)cc3C2=O)C(=O)N1. The van der Waals surface area contributed by atoms with Crippen molar-refractivity contribution in [2.45, 2.75) is 38.1 Å². The molecule has 0 spiro atoms.